The second-order valence-electron chi connectivity index (χ2n) is 5.59. The number of rotatable bonds is 0. The fraction of sp³-hybridized carbons (Fsp3) is 0.312. The molecule has 2 aromatic rings. The highest BCUT2D eigenvalue weighted by Crippen LogP contribution is 2.39. The lowest BCUT2D eigenvalue weighted by atomic mass is 9.78. The SMILES string of the molecule is CC1=C[C@@H]2c3cccc4[nH]cc(c34)C[C@H]2[N+](C)=C1. The Morgan fingerprint density at radius 2 is 2.22 bits per heavy atom. The summed E-state index contributed by atoms with van der Waals surface area (Å²) in [6, 6.07) is 7.21. The van der Waals surface area contributed by atoms with Gasteiger partial charge in [0, 0.05) is 29.1 Å². The molecule has 1 N–H and O–H groups in total. The number of aromatic amines is 1. The summed E-state index contributed by atoms with van der Waals surface area (Å²) in [6.45, 7) is 2.19. The molecule has 2 heterocycles. The fourth-order valence-corrected chi connectivity index (χ4v) is 3.63. The molecule has 1 aromatic heterocycles. The number of aromatic nitrogens is 1. The van der Waals surface area contributed by atoms with Gasteiger partial charge in [0.05, 0.1) is 5.92 Å². The number of benzene rings is 1. The third-order valence-electron chi connectivity index (χ3n) is 4.40. The van der Waals surface area contributed by atoms with E-state index in [1.165, 1.54) is 27.6 Å². The highest BCUT2D eigenvalue weighted by Gasteiger charge is 2.37. The average molecular weight is 237 g/mol. The zero-order chi connectivity index (χ0) is 12.3. The number of H-pyrrole nitrogens is 1. The Hall–Kier alpha value is -1.83. The molecule has 0 unspecified atom stereocenters. The quantitative estimate of drug-likeness (QED) is 0.679. The van der Waals surface area contributed by atoms with Crippen LogP contribution in [0.2, 0.25) is 0 Å². The summed E-state index contributed by atoms with van der Waals surface area (Å²) < 4.78 is 2.38. The maximum Gasteiger partial charge on any atom is 0.166 e. The summed E-state index contributed by atoms with van der Waals surface area (Å²) in [4.78, 5) is 3.41. The van der Waals surface area contributed by atoms with Crippen LogP contribution < -0.4 is 0 Å². The molecule has 2 heteroatoms. The number of hydrogen-bond donors (Lipinski definition) is 1. The first-order valence-electron chi connectivity index (χ1n) is 6.58. The Morgan fingerprint density at radius 3 is 3.11 bits per heavy atom. The van der Waals surface area contributed by atoms with Gasteiger partial charge in [0.25, 0.3) is 0 Å². The van der Waals surface area contributed by atoms with Gasteiger partial charge in [0.1, 0.15) is 7.05 Å². The van der Waals surface area contributed by atoms with E-state index in [4.69, 9.17) is 0 Å². The minimum Gasteiger partial charge on any atom is -0.361 e. The van der Waals surface area contributed by atoms with E-state index in [-0.39, 0.29) is 0 Å². The van der Waals surface area contributed by atoms with Gasteiger partial charge in [0.2, 0.25) is 0 Å². The van der Waals surface area contributed by atoms with Crippen molar-refractivity contribution >= 4 is 17.1 Å². The third kappa shape index (κ3) is 1.20. The topological polar surface area (TPSA) is 18.8 Å². The largest absolute Gasteiger partial charge is 0.361 e. The first-order valence-corrected chi connectivity index (χ1v) is 6.58. The van der Waals surface area contributed by atoms with Crippen molar-refractivity contribution in [2.24, 2.45) is 0 Å². The van der Waals surface area contributed by atoms with E-state index >= 15 is 0 Å². The number of nitrogens with one attached hydrogen (secondary N) is 1. The van der Waals surface area contributed by atoms with Gasteiger partial charge < -0.3 is 4.98 Å². The smallest absolute Gasteiger partial charge is 0.166 e. The third-order valence-corrected chi connectivity index (χ3v) is 4.40. The van der Waals surface area contributed by atoms with Crippen molar-refractivity contribution in [3.63, 3.8) is 0 Å². The van der Waals surface area contributed by atoms with Crippen LogP contribution in [-0.4, -0.2) is 28.9 Å². The van der Waals surface area contributed by atoms with Crippen LogP contribution in [0.5, 0.6) is 0 Å². The Bertz CT molecular complexity index is 703. The van der Waals surface area contributed by atoms with Crippen LogP contribution in [0.25, 0.3) is 10.9 Å². The van der Waals surface area contributed by atoms with Gasteiger partial charge >= 0.3 is 0 Å². The zero-order valence-corrected chi connectivity index (χ0v) is 10.8. The number of likely N-dealkylation sites (N-methyl/N-ethyl adjacent to an activating group) is 1. The van der Waals surface area contributed by atoms with Crippen molar-refractivity contribution in [1.29, 1.82) is 0 Å². The number of allylic oxidation sites excluding steroid dienone is 1. The molecular formula is C16H17N2+. The first kappa shape index (κ1) is 10.1. The summed E-state index contributed by atoms with van der Waals surface area (Å²) in [6.07, 6.45) is 8.01. The molecule has 0 fully saturated rings. The second kappa shape index (κ2) is 3.35. The summed E-state index contributed by atoms with van der Waals surface area (Å²) >= 11 is 0. The maximum absolute atomic E-state index is 3.41. The molecule has 0 saturated heterocycles. The van der Waals surface area contributed by atoms with Gasteiger partial charge in [-0.1, -0.05) is 18.2 Å². The van der Waals surface area contributed by atoms with Crippen LogP contribution in [-0.2, 0) is 6.42 Å². The van der Waals surface area contributed by atoms with Gasteiger partial charge in [-0.3, -0.25) is 0 Å². The average Bonchev–Trinajstić information content (AvgIpc) is 2.76. The van der Waals surface area contributed by atoms with Crippen LogP contribution in [0.3, 0.4) is 0 Å². The molecule has 0 amide bonds. The number of fused-ring (bicyclic) bond motifs is 2. The van der Waals surface area contributed by atoms with Crippen LogP contribution in [0.15, 0.2) is 36.0 Å². The van der Waals surface area contributed by atoms with Crippen LogP contribution >= 0.6 is 0 Å². The van der Waals surface area contributed by atoms with Crippen molar-refractivity contribution in [1.82, 2.24) is 4.98 Å². The van der Waals surface area contributed by atoms with E-state index in [0.717, 1.165) is 6.42 Å². The maximum atomic E-state index is 3.41. The minimum atomic E-state index is 0.534. The Balaban J connectivity index is 2.02. The molecule has 18 heavy (non-hydrogen) atoms. The van der Waals surface area contributed by atoms with Gasteiger partial charge in [0.15, 0.2) is 12.3 Å². The summed E-state index contributed by atoms with van der Waals surface area (Å²) in [5.74, 6) is 0.534. The lowest BCUT2D eigenvalue weighted by Crippen LogP contribution is -2.37. The standard InChI is InChI=1S/C16H17N2/c1-10-6-13-12-4-3-5-14-16(12)11(8-17-14)7-15(13)18(2)9-10/h3-6,8-9,13,15,17H,7H2,1-2H3/q+1/t13-,15-/m1/s1. The molecule has 0 spiro atoms. The lowest BCUT2D eigenvalue weighted by molar-refractivity contribution is -0.537. The van der Waals surface area contributed by atoms with Crippen molar-refractivity contribution in [3.8, 4) is 0 Å². The van der Waals surface area contributed by atoms with Crippen LogP contribution in [0.4, 0.5) is 0 Å². The summed E-state index contributed by atoms with van der Waals surface area (Å²) in [7, 11) is 2.20. The van der Waals surface area contributed by atoms with Gasteiger partial charge in [-0.05, 0) is 24.1 Å². The molecule has 1 aliphatic carbocycles. The van der Waals surface area contributed by atoms with Gasteiger partial charge in [-0.2, -0.15) is 0 Å². The number of nitrogens with zero attached hydrogens (tertiary/aromatic N) is 1. The van der Waals surface area contributed by atoms with E-state index < -0.39 is 0 Å². The molecule has 0 radical (unpaired) electrons. The monoisotopic (exact) mass is 237 g/mol. The predicted octanol–water partition coefficient (Wildman–Crippen LogP) is 2.85. The summed E-state index contributed by atoms with van der Waals surface area (Å²) in [5, 5.41) is 1.46. The molecule has 1 aliphatic heterocycles. The molecule has 2 atom stereocenters. The lowest BCUT2D eigenvalue weighted by Gasteiger charge is -2.29. The van der Waals surface area contributed by atoms with E-state index in [2.05, 4.69) is 60.2 Å². The number of hydrogen-bond acceptors (Lipinski definition) is 0. The van der Waals surface area contributed by atoms with E-state index in [1.807, 2.05) is 0 Å². The van der Waals surface area contributed by atoms with Crippen molar-refractivity contribution in [2.75, 3.05) is 7.05 Å². The normalized spacial score (nSPS) is 25.7. The molecule has 4 rings (SSSR count). The zero-order valence-electron chi connectivity index (χ0n) is 10.8. The Morgan fingerprint density at radius 1 is 1.33 bits per heavy atom. The Labute approximate surface area is 107 Å². The van der Waals surface area contributed by atoms with Gasteiger partial charge in [-0.15, -0.1) is 0 Å². The minimum absolute atomic E-state index is 0.534. The van der Waals surface area contributed by atoms with Crippen molar-refractivity contribution in [3.05, 3.63) is 47.2 Å². The van der Waals surface area contributed by atoms with E-state index in [0.29, 0.717) is 12.0 Å². The molecule has 1 aromatic carbocycles. The second-order valence-corrected chi connectivity index (χ2v) is 5.59. The van der Waals surface area contributed by atoms with E-state index in [1.54, 1.807) is 0 Å². The Kier molecular flexibility index (Phi) is 1.88. The fourth-order valence-electron chi connectivity index (χ4n) is 3.63. The molecule has 90 valence electrons. The molecule has 2 aliphatic rings. The predicted molar refractivity (Wildman–Crippen MR) is 74.5 cm³/mol. The van der Waals surface area contributed by atoms with Crippen LogP contribution in [0, 0.1) is 0 Å². The van der Waals surface area contributed by atoms with Crippen molar-refractivity contribution < 1.29 is 4.58 Å². The molecule has 2 nitrogen and oxygen atoms in total. The van der Waals surface area contributed by atoms with Crippen molar-refractivity contribution in [2.45, 2.75) is 25.3 Å². The molecule has 0 saturated carbocycles. The van der Waals surface area contributed by atoms with E-state index in [9.17, 15) is 0 Å². The first-order chi connectivity index (χ1) is 8.74. The van der Waals surface area contributed by atoms with Crippen LogP contribution in [0.1, 0.15) is 24.0 Å². The highest BCUT2D eigenvalue weighted by atomic mass is 15.0. The molecule has 0 bridgehead atoms. The van der Waals surface area contributed by atoms with Gasteiger partial charge in [-0.25, -0.2) is 4.58 Å². The molecular weight excluding hydrogens is 220 g/mol. The highest BCUT2D eigenvalue weighted by molar-refractivity contribution is 5.89. The summed E-state index contributed by atoms with van der Waals surface area (Å²) in [5.41, 5.74) is 5.60.